The number of amides is 5. The van der Waals surface area contributed by atoms with Gasteiger partial charge in [-0.25, -0.2) is 4.79 Å². The third-order valence-corrected chi connectivity index (χ3v) is 4.70. The predicted molar refractivity (Wildman–Crippen MR) is 106 cm³/mol. The molecule has 150 valence electrons. The van der Waals surface area contributed by atoms with E-state index in [0.717, 1.165) is 4.90 Å². The third-order valence-electron chi connectivity index (χ3n) is 4.70. The van der Waals surface area contributed by atoms with Crippen molar-refractivity contribution in [1.29, 1.82) is 0 Å². The second-order valence-electron chi connectivity index (χ2n) is 6.78. The number of urea groups is 1. The van der Waals surface area contributed by atoms with Crippen LogP contribution >= 0.6 is 0 Å². The topological polar surface area (TPSA) is 108 Å². The van der Waals surface area contributed by atoms with E-state index < -0.39 is 23.4 Å². The van der Waals surface area contributed by atoms with Gasteiger partial charge in [-0.05, 0) is 24.6 Å². The van der Waals surface area contributed by atoms with Crippen LogP contribution in [-0.2, 0) is 15.1 Å². The summed E-state index contributed by atoms with van der Waals surface area (Å²) < 4.78 is 0. The van der Waals surface area contributed by atoms with Gasteiger partial charge in [-0.2, -0.15) is 0 Å². The Morgan fingerprint density at radius 2 is 1.52 bits per heavy atom. The molecule has 2 aromatic carbocycles. The summed E-state index contributed by atoms with van der Waals surface area (Å²) in [7, 11) is 0. The summed E-state index contributed by atoms with van der Waals surface area (Å²) in [5.74, 6) is -1.21. The van der Waals surface area contributed by atoms with Crippen molar-refractivity contribution in [2.45, 2.75) is 12.5 Å². The highest BCUT2D eigenvalue weighted by molar-refractivity contribution is 6.09. The van der Waals surface area contributed by atoms with Crippen molar-refractivity contribution in [3.63, 3.8) is 0 Å². The van der Waals surface area contributed by atoms with Gasteiger partial charge in [-0.15, -0.1) is 0 Å². The van der Waals surface area contributed by atoms with Gasteiger partial charge in [-0.1, -0.05) is 48.5 Å². The van der Waals surface area contributed by atoms with Crippen LogP contribution in [0.2, 0.25) is 0 Å². The van der Waals surface area contributed by atoms with Crippen molar-refractivity contribution in [1.82, 2.24) is 20.9 Å². The second-order valence-corrected chi connectivity index (χ2v) is 6.78. The first-order valence-electron chi connectivity index (χ1n) is 9.21. The van der Waals surface area contributed by atoms with E-state index in [1.807, 2.05) is 12.1 Å². The lowest BCUT2D eigenvalue weighted by Gasteiger charge is -2.22. The molecule has 0 aliphatic carbocycles. The van der Waals surface area contributed by atoms with Crippen LogP contribution in [-0.4, -0.2) is 48.3 Å². The molecular formula is C21H22N4O4. The summed E-state index contributed by atoms with van der Waals surface area (Å²) in [6.45, 7) is 1.62. The number of nitrogens with zero attached hydrogens (tertiary/aromatic N) is 1. The highest BCUT2D eigenvalue weighted by atomic mass is 16.2. The third kappa shape index (κ3) is 4.43. The maximum Gasteiger partial charge on any atom is 0.325 e. The molecule has 3 N–H and O–H groups in total. The Morgan fingerprint density at radius 1 is 0.931 bits per heavy atom. The van der Waals surface area contributed by atoms with E-state index >= 15 is 0 Å². The summed E-state index contributed by atoms with van der Waals surface area (Å²) in [5, 5.41) is 7.94. The van der Waals surface area contributed by atoms with Gasteiger partial charge < -0.3 is 16.0 Å². The molecule has 5 amide bonds. The van der Waals surface area contributed by atoms with Crippen LogP contribution in [0.5, 0.6) is 0 Å². The Balaban J connectivity index is 1.49. The molecule has 8 nitrogen and oxygen atoms in total. The Kier molecular flexibility index (Phi) is 5.92. The van der Waals surface area contributed by atoms with E-state index in [2.05, 4.69) is 16.0 Å². The first kappa shape index (κ1) is 20.1. The summed E-state index contributed by atoms with van der Waals surface area (Å²) >= 11 is 0. The number of hydrogen-bond acceptors (Lipinski definition) is 4. The average molecular weight is 394 g/mol. The van der Waals surface area contributed by atoms with Crippen molar-refractivity contribution < 1.29 is 19.2 Å². The molecule has 8 heteroatoms. The number of hydrogen-bond donors (Lipinski definition) is 3. The zero-order chi connectivity index (χ0) is 20.9. The molecule has 0 radical (unpaired) electrons. The van der Waals surface area contributed by atoms with Gasteiger partial charge in [0.25, 0.3) is 11.8 Å². The van der Waals surface area contributed by atoms with Gasteiger partial charge in [0.05, 0.1) is 0 Å². The second kappa shape index (κ2) is 8.55. The normalized spacial score (nSPS) is 18.3. The van der Waals surface area contributed by atoms with Crippen molar-refractivity contribution in [3.8, 4) is 0 Å². The molecule has 1 unspecified atom stereocenters. The van der Waals surface area contributed by atoms with E-state index in [9.17, 15) is 19.2 Å². The van der Waals surface area contributed by atoms with Crippen molar-refractivity contribution in [2.24, 2.45) is 0 Å². The Hall–Kier alpha value is -3.68. The van der Waals surface area contributed by atoms with Crippen LogP contribution in [0.4, 0.5) is 4.79 Å². The van der Waals surface area contributed by atoms with Gasteiger partial charge in [0, 0.05) is 18.7 Å². The Labute approximate surface area is 168 Å². The molecule has 1 fully saturated rings. The van der Waals surface area contributed by atoms with E-state index in [1.54, 1.807) is 55.5 Å². The van der Waals surface area contributed by atoms with Crippen LogP contribution in [0, 0.1) is 0 Å². The molecule has 0 aromatic heterocycles. The minimum Gasteiger partial charge on any atom is -0.353 e. The first-order valence-corrected chi connectivity index (χ1v) is 9.21. The van der Waals surface area contributed by atoms with E-state index in [0.29, 0.717) is 11.1 Å². The number of carbonyl (C=O) groups is 4. The maximum atomic E-state index is 12.8. The summed E-state index contributed by atoms with van der Waals surface area (Å²) in [6, 6.07) is 17.0. The van der Waals surface area contributed by atoms with E-state index in [1.165, 1.54) is 0 Å². The van der Waals surface area contributed by atoms with Gasteiger partial charge in [0.2, 0.25) is 5.91 Å². The fourth-order valence-electron chi connectivity index (χ4n) is 3.08. The van der Waals surface area contributed by atoms with Gasteiger partial charge in [0.15, 0.2) is 0 Å². The minimum atomic E-state index is -1.21. The van der Waals surface area contributed by atoms with Crippen LogP contribution in [0.25, 0.3) is 0 Å². The summed E-state index contributed by atoms with van der Waals surface area (Å²) in [4.78, 5) is 50.0. The van der Waals surface area contributed by atoms with Crippen LogP contribution < -0.4 is 16.0 Å². The van der Waals surface area contributed by atoms with Crippen molar-refractivity contribution in [2.75, 3.05) is 19.6 Å². The Bertz CT molecular complexity index is 917. The SMILES string of the molecule is CC1(c2ccccc2)NC(=O)N(CC(=O)NCCNC(=O)c2ccccc2)C1=O. The molecule has 1 aliphatic rings. The lowest BCUT2D eigenvalue weighted by Crippen LogP contribution is -2.44. The molecule has 0 spiro atoms. The number of carbonyl (C=O) groups excluding carboxylic acids is 4. The molecule has 3 rings (SSSR count). The number of benzene rings is 2. The maximum absolute atomic E-state index is 12.8. The lowest BCUT2D eigenvalue weighted by molar-refractivity contribution is -0.134. The van der Waals surface area contributed by atoms with Crippen molar-refractivity contribution in [3.05, 3.63) is 71.8 Å². The van der Waals surface area contributed by atoms with Crippen LogP contribution in [0.3, 0.4) is 0 Å². The highest BCUT2D eigenvalue weighted by Crippen LogP contribution is 2.28. The lowest BCUT2D eigenvalue weighted by atomic mass is 9.92. The zero-order valence-corrected chi connectivity index (χ0v) is 16.0. The monoisotopic (exact) mass is 394 g/mol. The van der Waals surface area contributed by atoms with Gasteiger partial charge in [-0.3, -0.25) is 19.3 Å². The molecule has 1 heterocycles. The quantitative estimate of drug-likeness (QED) is 0.481. The average Bonchev–Trinajstić information content (AvgIpc) is 2.96. The number of nitrogens with one attached hydrogen (secondary N) is 3. The Morgan fingerprint density at radius 3 is 2.17 bits per heavy atom. The zero-order valence-electron chi connectivity index (χ0n) is 16.0. The number of imide groups is 1. The molecule has 1 aliphatic heterocycles. The fourth-order valence-corrected chi connectivity index (χ4v) is 3.08. The molecule has 29 heavy (non-hydrogen) atoms. The predicted octanol–water partition coefficient (Wildman–Crippen LogP) is 1.000. The highest BCUT2D eigenvalue weighted by Gasteiger charge is 2.49. The molecule has 0 bridgehead atoms. The molecule has 2 aromatic rings. The standard InChI is InChI=1S/C21H22N4O4/c1-21(16-10-6-3-7-11-16)19(28)25(20(29)24-21)14-17(26)22-12-13-23-18(27)15-8-4-2-5-9-15/h2-11H,12-14H2,1H3,(H,22,26)(H,23,27)(H,24,29). The van der Waals surface area contributed by atoms with Crippen LogP contribution in [0.1, 0.15) is 22.8 Å². The number of rotatable bonds is 7. The summed E-state index contributed by atoms with van der Waals surface area (Å²) in [5.41, 5.74) is -0.0364. The minimum absolute atomic E-state index is 0.178. The van der Waals surface area contributed by atoms with Gasteiger partial charge >= 0.3 is 6.03 Å². The fraction of sp³-hybridized carbons (Fsp3) is 0.238. The molecule has 0 saturated carbocycles. The molecular weight excluding hydrogens is 372 g/mol. The molecule has 1 saturated heterocycles. The first-order chi connectivity index (χ1) is 13.9. The smallest absolute Gasteiger partial charge is 0.325 e. The van der Waals surface area contributed by atoms with Crippen LogP contribution in [0.15, 0.2) is 60.7 Å². The largest absolute Gasteiger partial charge is 0.353 e. The summed E-state index contributed by atoms with van der Waals surface area (Å²) in [6.07, 6.45) is 0. The molecule has 1 atom stereocenters. The van der Waals surface area contributed by atoms with Gasteiger partial charge in [0.1, 0.15) is 12.1 Å². The van der Waals surface area contributed by atoms with E-state index in [-0.39, 0.29) is 25.5 Å². The van der Waals surface area contributed by atoms with Crippen molar-refractivity contribution >= 4 is 23.8 Å². The van der Waals surface area contributed by atoms with E-state index in [4.69, 9.17) is 0 Å².